The molecule has 0 atom stereocenters. The number of aromatic nitrogens is 2. The third-order valence-electron chi connectivity index (χ3n) is 3.19. The van der Waals surface area contributed by atoms with Crippen LogP contribution >= 0.6 is 0 Å². The van der Waals surface area contributed by atoms with Crippen LogP contribution in [0.1, 0.15) is 43.5 Å². The molecule has 0 aliphatic rings. The topological polar surface area (TPSA) is 47.0 Å². The lowest BCUT2D eigenvalue weighted by molar-refractivity contribution is 0.149. The van der Waals surface area contributed by atoms with Crippen LogP contribution in [0.5, 0.6) is 0 Å². The second-order valence-electron chi connectivity index (χ2n) is 4.52. The van der Waals surface area contributed by atoms with E-state index in [0.717, 1.165) is 44.7 Å². The molecule has 0 aliphatic heterocycles. The van der Waals surface area contributed by atoms with Gasteiger partial charge in [0.05, 0.1) is 6.61 Å². The molecule has 0 aliphatic carbocycles. The molecule has 0 aromatic carbocycles. The summed E-state index contributed by atoms with van der Waals surface area (Å²) < 4.78 is 5.39. The Labute approximate surface area is 117 Å². The zero-order chi connectivity index (χ0) is 14.1. The standard InChI is InChI=1S/C15H27N3O/c1-5-13-12(8-10-16-4)14(6-2)18-15(17-13)9-11-19-7-3/h16H,5-11H2,1-4H3. The van der Waals surface area contributed by atoms with E-state index in [-0.39, 0.29) is 0 Å². The predicted octanol–water partition coefficient (Wildman–Crippen LogP) is 1.94. The third kappa shape index (κ3) is 4.88. The lowest BCUT2D eigenvalue weighted by Crippen LogP contribution is -2.16. The summed E-state index contributed by atoms with van der Waals surface area (Å²) in [5, 5.41) is 3.20. The zero-order valence-electron chi connectivity index (χ0n) is 12.8. The molecule has 0 unspecified atom stereocenters. The summed E-state index contributed by atoms with van der Waals surface area (Å²) in [4.78, 5) is 9.41. The lowest BCUT2D eigenvalue weighted by Gasteiger charge is -2.14. The van der Waals surface area contributed by atoms with Gasteiger partial charge in [-0.15, -0.1) is 0 Å². The van der Waals surface area contributed by atoms with Crippen LogP contribution in [0.3, 0.4) is 0 Å². The molecule has 4 heteroatoms. The van der Waals surface area contributed by atoms with Crippen molar-refractivity contribution < 1.29 is 4.74 Å². The van der Waals surface area contributed by atoms with E-state index in [1.54, 1.807) is 0 Å². The second kappa shape index (κ2) is 8.99. The molecule has 0 fully saturated rings. The van der Waals surface area contributed by atoms with E-state index in [4.69, 9.17) is 14.7 Å². The minimum absolute atomic E-state index is 0.707. The minimum Gasteiger partial charge on any atom is -0.381 e. The van der Waals surface area contributed by atoms with Crippen molar-refractivity contribution in [3.05, 3.63) is 22.8 Å². The van der Waals surface area contributed by atoms with Crippen molar-refractivity contribution in [1.82, 2.24) is 15.3 Å². The van der Waals surface area contributed by atoms with Gasteiger partial charge in [0, 0.05) is 24.4 Å². The molecule has 0 radical (unpaired) electrons. The average Bonchev–Trinajstić information content (AvgIpc) is 2.45. The SMILES string of the molecule is CCOCCc1nc(CC)c(CCNC)c(CC)n1. The van der Waals surface area contributed by atoms with Gasteiger partial charge in [-0.3, -0.25) is 0 Å². The number of hydrogen-bond acceptors (Lipinski definition) is 4. The molecule has 0 saturated carbocycles. The maximum absolute atomic E-state index is 5.39. The quantitative estimate of drug-likeness (QED) is 0.693. The van der Waals surface area contributed by atoms with Crippen molar-refractivity contribution in [2.24, 2.45) is 0 Å². The molecule has 108 valence electrons. The van der Waals surface area contributed by atoms with Crippen LogP contribution in [-0.2, 0) is 30.4 Å². The fourth-order valence-electron chi connectivity index (χ4n) is 2.18. The van der Waals surface area contributed by atoms with Gasteiger partial charge in [-0.05, 0) is 45.3 Å². The Kier molecular flexibility index (Phi) is 7.60. The van der Waals surface area contributed by atoms with Gasteiger partial charge in [0.2, 0.25) is 0 Å². The second-order valence-corrected chi connectivity index (χ2v) is 4.52. The normalized spacial score (nSPS) is 10.9. The van der Waals surface area contributed by atoms with E-state index in [1.807, 2.05) is 14.0 Å². The first-order chi connectivity index (χ1) is 9.26. The summed E-state index contributed by atoms with van der Waals surface area (Å²) in [7, 11) is 1.98. The molecule has 1 N–H and O–H groups in total. The smallest absolute Gasteiger partial charge is 0.131 e. The van der Waals surface area contributed by atoms with Gasteiger partial charge < -0.3 is 10.1 Å². The Balaban J connectivity index is 2.91. The largest absolute Gasteiger partial charge is 0.381 e. The molecule has 19 heavy (non-hydrogen) atoms. The highest BCUT2D eigenvalue weighted by molar-refractivity contribution is 5.27. The molecule has 1 heterocycles. The predicted molar refractivity (Wildman–Crippen MR) is 78.6 cm³/mol. The summed E-state index contributed by atoms with van der Waals surface area (Å²) in [6, 6.07) is 0. The van der Waals surface area contributed by atoms with Crippen molar-refractivity contribution in [3.63, 3.8) is 0 Å². The number of rotatable bonds is 9. The van der Waals surface area contributed by atoms with Crippen LogP contribution in [0.25, 0.3) is 0 Å². The van der Waals surface area contributed by atoms with Crippen LogP contribution < -0.4 is 5.32 Å². The highest BCUT2D eigenvalue weighted by Gasteiger charge is 2.11. The van der Waals surface area contributed by atoms with Gasteiger partial charge in [0.15, 0.2) is 0 Å². The lowest BCUT2D eigenvalue weighted by atomic mass is 10.0. The van der Waals surface area contributed by atoms with Crippen LogP contribution in [0.4, 0.5) is 0 Å². The van der Waals surface area contributed by atoms with Crippen LogP contribution in [-0.4, -0.2) is 36.8 Å². The van der Waals surface area contributed by atoms with Gasteiger partial charge in [-0.2, -0.15) is 0 Å². The van der Waals surface area contributed by atoms with E-state index < -0.39 is 0 Å². The van der Waals surface area contributed by atoms with E-state index in [2.05, 4.69) is 19.2 Å². The molecule has 1 aromatic heterocycles. The number of nitrogens with one attached hydrogen (secondary N) is 1. The Hall–Kier alpha value is -1.00. The highest BCUT2D eigenvalue weighted by Crippen LogP contribution is 2.14. The Morgan fingerprint density at radius 2 is 1.63 bits per heavy atom. The fraction of sp³-hybridized carbons (Fsp3) is 0.733. The van der Waals surface area contributed by atoms with Gasteiger partial charge in [-0.1, -0.05) is 13.8 Å². The van der Waals surface area contributed by atoms with Gasteiger partial charge in [-0.25, -0.2) is 9.97 Å². The van der Waals surface area contributed by atoms with Crippen molar-refractivity contribution in [2.45, 2.75) is 46.5 Å². The molecular weight excluding hydrogens is 238 g/mol. The summed E-state index contributed by atoms with van der Waals surface area (Å²) in [5.41, 5.74) is 3.74. The van der Waals surface area contributed by atoms with E-state index in [0.29, 0.717) is 6.61 Å². The van der Waals surface area contributed by atoms with E-state index >= 15 is 0 Å². The van der Waals surface area contributed by atoms with Crippen LogP contribution in [0.15, 0.2) is 0 Å². The Morgan fingerprint density at radius 1 is 1.00 bits per heavy atom. The molecule has 0 saturated heterocycles. The molecular formula is C15H27N3O. The first kappa shape index (κ1) is 16.1. The molecule has 0 bridgehead atoms. The first-order valence-electron chi connectivity index (χ1n) is 7.36. The summed E-state index contributed by atoms with van der Waals surface area (Å²) in [6.45, 7) is 8.77. The maximum atomic E-state index is 5.39. The molecule has 0 spiro atoms. The molecule has 0 amide bonds. The number of likely N-dealkylation sites (N-methyl/N-ethyl adjacent to an activating group) is 1. The number of aryl methyl sites for hydroxylation is 2. The van der Waals surface area contributed by atoms with Crippen molar-refractivity contribution in [1.29, 1.82) is 0 Å². The van der Waals surface area contributed by atoms with Gasteiger partial charge in [0.1, 0.15) is 5.82 Å². The monoisotopic (exact) mass is 265 g/mol. The third-order valence-corrected chi connectivity index (χ3v) is 3.19. The zero-order valence-corrected chi connectivity index (χ0v) is 12.8. The maximum Gasteiger partial charge on any atom is 0.131 e. The van der Waals surface area contributed by atoms with Gasteiger partial charge in [0.25, 0.3) is 0 Å². The highest BCUT2D eigenvalue weighted by atomic mass is 16.5. The average molecular weight is 265 g/mol. The van der Waals surface area contributed by atoms with E-state index in [9.17, 15) is 0 Å². The number of nitrogens with zero attached hydrogens (tertiary/aromatic N) is 2. The Bertz CT molecular complexity index is 355. The Morgan fingerprint density at radius 3 is 2.11 bits per heavy atom. The summed E-state index contributed by atoms with van der Waals surface area (Å²) in [6.07, 6.45) is 3.75. The molecule has 1 aromatic rings. The van der Waals surface area contributed by atoms with Crippen molar-refractivity contribution >= 4 is 0 Å². The number of hydrogen-bond donors (Lipinski definition) is 1. The van der Waals surface area contributed by atoms with Gasteiger partial charge >= 0.3 is 0 Å². The molecule has 1 rings (SSSR count). The van der Waals surface area contributed by atoms with Crippen molar-refractivity contribution in [2.75, 3.05) is 26.8 Å². The summed E-state index contributed by atoms with van der Waals surface area (Å²) in [5.74, 6) is 0.926. The molecule has 4 nitrogen and oxygen atoms in total. The summed E-state index contributed by atoms with van der Waals surface area (Å²) >= 11 is 0. The minimum atomic E-state index is 0.707. The van der Waals surface area contributed by atoms with E-state index in [1.165, 1.54) is 17.0 Å². The van der Waals surface area contributed by atoms with Crippen LogP contribution in [0, 0.1) is 0 Å². The fourth-order valence-corrected chi connectivity index (χ4v) is 2.18. The first-order valence-corrected chi connectivity index (χ1v) is 7.36. The van der Waals surface area contributed by atoms with Crippen LogP contribution in [0.2, 0.25) is 0 Å². The van der Waals surface area contributed by atoms with Crippen molar-refractivity contribution in [3.8, 4) is 0 Å². The number of ether oxygens (including phenoxy) is 1.